The highest BCUT2D eigenvalue weighted by atomic mass is 35.5. The van der Waals surface area contributed by atoms with Gasteiger partial charge in [0.1, 0.15) is 0 Å². The molecule has 0 N–H and O–H groups in total. The van der Waals surface area contributed by atoms with Crippen LogP contribution in [-0.4, -0.2) is 35.8 Å². The van der Waals surface area contributed by atoms with Gasteiger partial charge in [0, 0.05) is 10.0 Å². The maximum Gasteiger partial charge on any atom is 0.251 e. The van der Waals surface area contributed by atoms with Crippen LogP contribution in [0.3, 0.4) is 0 Å². The summed E-state index contributed by atoms with van der Waals surface area (Å²) in [6, 6.07) is 4.33. The number of halogens is 2. The second-order valence-electron chi connectivity index (χ2n) is 4.64. The molecule has 1 atom stereocenters. The van der Waals surface area contributed by atoms with Gasteiger partial charge >= 0.3 is 0 Å². The van der Waals surface area contributed by atoms with E-state index in [0.717, 1.165) is 13.1 Å². The molecule has 108 valence electrons. The molecule has 1 aliphatic heterocycles. The number of hydrogen-bond acceptors (Lipinski definition) is 3. The Morgan fingerprint density at radius 3 is 2.20 bits per heavy atom. The van der Waals surface area contributed by atoms with Crippen molar-refractivity contribution in [1.29, 1.82) is 0 Å². The minimum atomic E-state index is -0.393. The minimum Gasteiger partial charge on any atom is -0.292 e. The van der Waals surface area contributed by atoms with Crippen LogP contribution >= 0.6 is 23.2 Å². The molecule has 2 rings (SSSR count). The van der Waals surface area contributed by atoms with Gasteiger partial charge in [0.15, 0.2) is 0 Å². The zero-order valence-electron chi connectivity index (χ0n) is 11.4. The van der Waals surface area contributed by atoms with Crippen molar-refractivity contribution in [3.63, 3.8) is 0 Å². The van der Waals surface area contributed by atoms with E-state index in [1.54, 1.807) is 18.2 Å². The number of rotatable bonds is 4. The van der Waals surface area contributed by atoms with E-state index in [4.69, 9.17) is 23.2 Å². The molecule has 0 aliphatic carbocycles. The van der Waals surface area contributed by atoms with Crippen molar-refractivity contribution >= 4 is 40.7 Å². The number of carbonyl (C=O) groups excluding carboxylic acids is 2. The lowest BCUT2D eigenvalue weighted by Crippen LogP contribution is -2.42. The lowest BCUT2D eigenvalue weighted by molar-refractivity contribution is -0.122. The van der Waals surface area contributed by atoms with Crippen molar-refractivity contribution in [1.82, 2.24) is 4.90 Å². The fourth-order valence-electron chi connectivity index (χ4n) is 2.51. The summed E-state index contributed by atoms with van der Waals surface area (Å²) < 4.78 is 0. The number of anilines is 1. The smallest absolute Gasteiger partial charge is 0.251 e. The molecule has 1 aromatic carbocycles. The molecule has 0 spiro atoms. The Morgan fingerprint density at radius 2 is 1.70 bits per heavy atom. The van der Waals surface area contributed by atoms with Crippen LogP contribution in [-0.2, 0) is 9.59 Å². The number of carbonyl (C=O) groups is 2. The van der Waals surface area contributed by atoms with Gasteiger partial charge in [-0.15, -0.1) is 0 Å². The fraction of sp³-hybridized carbons (Fsp3) is 0.429. The number of amides is 2. The van der Waals surface area contributed by atoms with Crippen LogP contribution in [0.15, 0.2) is 18.2 Å². The molecule has 0 bridgehead atoms. The zero-order chi connectivity index (χ0) is 14.9. The maximum absolute atomic E-state index is 12.5. The molecule has 20 heavy (non-hydrogen) atoms. The van der Waals surface area contributed by atoms with Crippen LogP contribution < -0.4 is 4.90 Å². The van der Waals surface area contributed by atoms with Crippen LogP contribution in [0.2, 0.25) is 10.0 Å². The Morgan fingerprint density at radius 1 is 1.15 bits per heavy atom. The molecule has 0 aromatic heterocycles. The van der Waals surface area contributed by atoms with E-state index in [0.29, 0.717) is 15.7 Å². The van der Waals surface area contributed by atoms with E-state index in [1.165, 1.54) is 4.90 Å². The lowest BCUT2D eigenvalue weighted by Gasteiger charge is -2.24. The molecule has 0 radical (unpaired) electrons. The molecule has 6 heteroatoms. The number of nitrogens with zero attached hydrogens (tertiary/aromatic N) is 2. The van der Waals surface area contributed by atoms with Crippen LogP contribution in [0, 0.1) is 0 Å². The van der Waals surface area contributed by atoms with Crippen molar-refractivity contribution in [3.8, 4) is 0 Å². The van der Waals surface area contributed by atoms with Crippen molar-refractivity contribution in [2.24, 2.45) is 0 Å². The molecular weight excluding hydrogens is 299 g/mol. The highest BCUT2D eigenvalue weighted by Gasteiger charge is 2.41. The largest absolute Gasteiger partial charge is 0.292 e. The van der Waals surface area contributed by atoms with E-state index in [2.05, 4.69) is 0 Å². The predicted octanol–water partition coefficient (Wildman–Crippen LogP) is 2.97. The summed E-state index contributed by atoms with van der Waals surface area (Å²) in [6.07, 6.45) is 0.199. The first-order valence-corrected chi connectivity index (χ1v) is 7.30. The van der Waals surface area contributed by atoms with E-state index in [-0.39, 0.29) is 18.2 Å². The molecule has 2 amide bonds. The van der Waals surface area contributed by atoms with Crippen LogP contribution in [0.1, 0.15) is 20.3 Å². The lowest BCUT2D eigenvalue weighted by atomic mass is 10.2. The Bertz CT molecular complexity index is 524. The fourth-order valence-corrected chi connectivity index (χ4v) is 3.02. The molecule has 1 aliphatic rings. The average Bonchev–Trinajstić information content (AvgIpc) is 2.65. The second-order valence-corrected chi connectivity index (χ2v) is 5.51. The number of imide groups is 1. The van der Waals surface area contributed by atoms with Gasteiger partial charge in [0.2, 0.25) is 5.91 Å². The van der Waals surface area contributed by atoms with Gasteiger partial charge in [0.25, 0.3) is 5.91 Å². The summed E-state index contributed by atoms with van der Waals surface area (Å²) in [5.41, 5.74) is 0.437. The van der Waals surface area contributed by atoms with Crippen molar-refractivity contribution in [2.75, 3.05) is 18.0 Å². The van der Waals surface area contributed by atoms with Crippen molar-refractivity contribution < 1.29 is 9.59 Å². The van der Waals surface area contributed by atoms with Crippen LogP contribution in [0.4, 0.5) is 5.69 Å². The van der Waals surface area contributed by atoms with Crippen molar-refractivity contribution in [3.05, 3.63) is 28.2 Å². The van der Waals surface area contributed by atoms with E-state index >= 15 is 0 Å². The van der Waals surface area contributed by atoms with Gasteiger partial charge in [0.05, 0.1) is 18.2 Å². The highest BCUT2D eigenvalue weighted by Crippen LogP contribution is 2.30. The molecule has 1 heterocycles. The molecule has 1 aromatic rings. The summed E-state index contributed by atoms with van der Waals surface area (Å²) in [7, 11) is 0. The first kappa shape index (κ1) is 15.3. The van der Waals surface area contributed by atoms with E-state index in [9.17, 15) is 9.59 Å². The summed E-state index contributed by atoms with van der Waals surface area (Å²) in [5, 5.41) is 0.804. The predicted molar refractivity (Wildman–Crippen MR) is 80.3 cm³/mol. The summed E-state index contributed by atoms with van der Waals surface area (Å²) in [5.74, 6) is -0.428. The molecule has 1 fully saturated rings. The SMILES string of the molecule is CCN(CC)C1CC(=O)N(c2cc(Cl)cc(Cl)c2)C1=O. The van der Waals surface area contributed by atoms with Gasteiger partial charge in [-0.25, -0.2) is 4.90 Å². The quantitative estimate of drug-likeness (QED) is 0.802. The molecular formula is C14H16Cl2N2O2. The third-order valence-electron chi connectivity index (χ3n) is 3.48. The summed E-state index contributed by atoms with van der Waals surface area (Å²) in [4.78, 5) is 27.8. The Labute approximate surface area is 128 Å². The zero-order valence-corrected chi connectivity index (χ0v) is 12.9. The second kappa shape index (κ2) is 6.12. The first-order chi connectivity index (χ1) is 9.47. The third kappa shape index (κ3) is 2.82. The maximum atomic E-state index is 12.5. The average molecular weight is 315 g/mol. The Kier molecular flexibility index (Phi) is 4.68. The van der Waals surface area contributed by atoms with Crippen LogP contribution in [0.25, 0.3) is 0 Å². The topological polar surface area (TPSA) is 40.6 Å². The Hall–Kier alpha value is -1.10. The minimum absolute atomic E-state index is 0.199. The van der Waals surface area contributed by atoms with Crippen molar-refractivity contribution in [2.45, 2.75) is 26.3 Å². The van der Waals surface area contributed by atoms with Crippen LogP contribution in [0.5, 0.6) is 0 Å². The molecule has 1 saturated heterocycles. The van der Waals surface area contributed by atoms with E-state index < -0.39 is 6.04 Å². The standard InChI is InChI=1S/C14H16Cl2N2O2/c1-3-17(4-2)12-8-13(19)18(14(12)20)11-6-9(15)5-10(16)7-11/h5-7,12H,3-4,8H2,1-2H3. The number of benzene rings is 1. The third-order valence-corrected chi connectivity index (χ3v) is 3.92. The Balaban J connectivity index is 2.33. The summed E-state index contributed by atoms with van der Waals surface area (Å²) in [6.45, 7) is 5.40. The van der Waals surface area contributed by atoms with E-state index in [1.807, 2.05) is 18.7 Å². The monoisotopic (exact) mass is 314 g/mol. The first-order valence-electron chi connectivity index (χ1n) is 6.54. The molecule has 4 nitrogen and oxygen atoms in total. The van der Waals surface area contributed by atoms with Gasteiger partial charge in [-0.3, -0.25) is 14.5 Å². The van der Waals surface area contributed by atoms with Gasteiger partial charge < -0.3 is 0 Å². The molecule has 0 saturated carbocycles. The number of likely N-dealkylation sites (N-methyl/N-ethyl adjacent to an activating group) is 1. The normalized spacial score (nSPS) is 19.2. The van der Waals surface area contributed by atoms with Gasteiger partial charge in [-0.05, 0) is 31.3 Å². The molecule has 1 unspecified atom stereocenters. The van der Waals surface area contributed by atoms with Gasteiger partial charge in [-0.1, -0.05) is 37.0 Å². The number of hydrogen-bond donors (Lipinski definition) is 0. The highest BCUT2D eigenvalue weighted by molar-refractivity contribution is 6.35. The van der Waals surface area contributed by atoms with Gasteiger partial charge in [-0.2, -0.15) is 0 Å². The summed E-state index contributed by atoms with van der Waals surface area (Å²) >= 11 is 11.9.